The quantitative estimate of drug-likeness (QED) is 0.855. The lowest BCUT2D eigenvalue weighted by atomic mass is 10.1. The van der Waals surface area contributed by atoms with E-state index in [0.29, 0.717) is 6.54 Å². The van der Waals surface area contributed by atoms with Gasteiger partial charge in [-0.15, -0.1) is 0 Å². The van der Waals surface area contributed by atoms with E-state index >= 15 is 0 Å². The highest BCUT2D eigenvalue weighted by Gasteiger charge is 2.27. The van der Waals surface area contributed by atoms with Crippen LogP contribution >= 0.6 is 0 Å². The van der Waals surface area contributed by atoms with E-state index in [9.17, 15) is 4.79 Å². The Morgan fingerprint density at radius 3 is 3.06 bits per heavy atom. The van der Waals surface area contributed by atoms with Crippen molar-refractivity contribution >= 4 is 5.97 Å². The van der Waals surface area contributed by atoms with Gasteiger partial charge in [-0.3, -0.25) is 9.69 Å². The Kier molecular flexibility index (Phi) is 3.96. The van der Waals surface area contributed by atoms with Crippen molar-refractivity contribution in [1.82, 2.24) is 19.7 Å². The Balaban J connectivity index is 2.03. The third kappa shape index (κ3) is 2.87. The van der Waals surface area contributed by atoms with Crippen LogP contribution in [0.15, 0.2) is 6.33 Å². The standard InChI is InChI=1S/C12H20N4O2/c1-9(2)16-11(13-8-14-16)7-15-5-3-4-10(15)6-12(17)18/h8-10H,3-7H2,1-2H3,(H,17,18). The van der Waals surface area contributed by atoms with Crippen LogP contribution in [0.3, 0.4) is 0 Å². The van der Waals surface area contributed by atoms with E-state index in [2.05, 4.69) is 28.8 Å². The van der Waals surface area contributed by atoms with Crippen LogP contribution in [0.5, 0.6) is 0 Å². The van der Waals surface area contributed by atoms with E-state index < -0.39 is 5.97 Å². The van der Waals surface area contributed by atoms with Gasteiger partial charge >= 0.3 is 5.97 Å². The summed E-state index contributed by atoms with van der Waals surface area (Å²) in [5.74, 6) is 0.194. The highest BCUT2D eigenvalue weighted by molar-refractivity contribution is 5.67. The molecule has 1 aromatic heterocycles. The van der Waals surface area contributed by atoms with Gasteiger partial charge in [0.2, 0.25) is 0 Å². The van der Waals surface area contributed by atoms with Crippen molar-refractivity contribution in [3.8, 4) is 0 Å². The summed E-state index contributed by atoms with van der Waals surface area (Å²) in [5, 5.41) is 13.1. The lowest BCUT2D eigenvalue weighted by Gasteiger charge is -2.23. The molecule has 6 heteroatoms. The molecule has 1 aliphatic heterocycles. The molecule has 1 aliphatic rings. The van der Waals surface area contributed by atoms with Gasteiger partial charge in [-0.25, -0.2) is 9.67 Å². The molecule has 100 valence electrons. The maximum Gasteiger partial charge on any atom is 0.304 e. The lowest BCUT2D eigenvalue weighted by Crippen LogP contribution is -2.32. The molecule has 2 heterocycles. The molecule has 1 atom stereocenters. The van der Waals surface area contributed by atoms with Crippen LogP contribution in [0.4, 0.5) is 0 Å². The molecule has 1 N–H and O–H groups in total. The van der Waals surface area contributed by atoms with Gasteiger partial charge in [0.15, 0.2) is 0 Å². The molecule has 0 bridgehead atoms. The van der Waals surface area contributed by atoms with E-state index in [1.165, 1.54) is 0 Å². The fourth-order valence-corrected chi connectivity index (χ4v) is 2.54. The summed E-state index contributed by atoms with van der Waals surface area (Å²) < 4.78 is 1.90. The Bertz CT molecular complexity index is 416. The third-order valence-corrected chi connectivity index (χ3v) is 3.39. The number of aromatic nitrogens is 3. The maximum absolute atomic E-state index is 10.8. The zero-order chi connectivity index (χ0) is 13.1. The Morgan fingerprint density at radius 1 is 1.61 bits per heavy atom. The van der Waals surface area contributed by atoms with Crippen molar-refractivity contribution in [3.63, 3.8) is 0 Å². The first kappa shape index (κ1) is 13.0. The number of nitrogens with zero attached hydrogens (tertiary/aromatic N) is 4. The van der Waals surface area contributed by atoms with Crippen LogP contribution in [0, 0.1) is 0 Å². The first-order valence-electron chi connectivity index (χ1n) is 6.42. The molecule has 0 spiro atoms. The van der Waals surface area contributed by atoms with Gasteiger partial charge in [-0.1, -0.05) is 0 Å². The summed E-state index contributed by atoms with van der Waals surface area (Å²) in [7, 11) is 0. The van der Waals surface area contributed by atoms with Crippen molar-refractivity contribution in [2.24, 2.45) is 0 Å². The molecule has 2 rings (SSSR count). The van der Waals surface area contributed by atoms with Crippen LogP contribution in [-0.2, 0) is 11.3 Å². The van der Waals surface area contributed by atoms with E-state index in [-0.39, 0.29) is 18.5 Å². The molecule has 0 amide bonds. The molecule has 1 unspecified atom stereocenters. The number of rotatable bonds is 5. The normalized spacial score (nSPS) is 20.7. The smallest absolute Gasteiger partial charge is 0.304 e. The average molecular weight is 252 g/mol. The molecule has 0 aromatic carbocycles. The monoisotopic (exact) mass is 252 g/mol. The summed E-state index contributed by atoms with van der Waals surface area (Å²) in [6, 6.07) is 0.419. The first-order chi connectivity index (χ1) is 8.58. The van der Waals surface area contributed by atoms with Crippen molar-refractivity contribution in [2.75, 3.05) is 6.54 Å². The fraction of sp³-hybridized carbons (Fsp3) is 0.750. The minimum absolute atomic E-state index is 0.139. The van der Waals surface area contributed by atoms with Crippen LogP contribution in [-0.4, -0.2) is 43.3 Å². The number of carboxylic acid groups (broad SMARTS) is 1. The third-order valence-electron chi connectivity index (χ3n) is 3.39. The molecule has 1 fully saturated rings. The van der Waals surface area contributed by atoms with Crippen molar-refractivity contribution in [2.45, 2.75) is 51.7 Å². The highest BCUT2D eigenvalue weighted by Crippen LogP contribution is 2.22. The number of carbonyl (C=O) groups is 1. The van der Waals surface area contributed by atoms with Crippen LogP contribution in [0.1, 0.15) is 45.0 Å². The molecule has 1 aromatic rings. The fourth-order valence-electron chi connectivity index (χ4n) is 2.54. The van der Waals surface area contributed by atoms with E-state index in [1.807, 2.05) is 4.68 Å². The topological polar surface area (TPSA) is 71.2 Å². The van der Waals surface area contributed by atoms with Crippen LogP contribution in [0.2, 0.25) is 0 Å². The summed E-state index contributed by atoms with van der Waals surface area (Å²) >= 11 is 0. The minimum Gasteiger partial charge on any atom is -0.481 e. The van der Waals surface area contributed by atoms with Gasteiger partial charge in [-0.2, -0.15) is 5.10 Å². The molecule has 6 nitrogen and oxygen atoms in total. The highest BCUT2D eigenvalue weighted by atomic mass is 16.4. The molecule has 18 heavy (non-hydrogen) atoms. The molecule has 0 radical (unpaired) electrons. The van der Waals surface area contributed by atoms with Gasteiger partial charge in [0.05, 0.1) is 13.0 Å². The molecule has 1 saturated heterocycles. The molecule has 0 saturated carbocycles. The van der Waals surface area contributed by atoms with Gasteiger partial charge in [0.25, 0.3) is 0 Å². The van der Waals surface area contributed by atoms with Crippen molar-refractivity contribution in [3.05, 3.63) is 12.2 Å². The van der Waals surface area contributed by atoms with Gasteiger partial charge in [0.1, 0.15) is 12.2 Å². The van der Waals surface area contributed by atoms with E-state index in [4.69, 9.17) is 5.11 Å². The van der Waals surface area contributed by atoms with Gasteiger partial charge in [0, 0.05) is 12.1 Å². The zero-order valence-corrected chi connectivity index (χ0v) is 10.9. The first-order valence-corrected chi connectivity index (χ1v) is 6.42. The van der Waals surface area contributed by atoms with Gasteiger partial charge < -0.3 is 5.11 Å². The lowest BCUT2D eigenvalue weighted by molar-refractivity contribution is -0.138. The van der Waals surface area contributed by atoms with Gasteiger partial charge in [-0.05, 0) is 33.2 Å². The predicted octanol–water partition coefficient (Wildman–Crippen LogP) is 1.30. The largest absolute Gasteiger partial charge is 0.481 e. The average Bonchev–Trinajstić information content (AvgIpc) is 2.88. The molecule has 0 aliphatic carbocycles. The summed E-state index contributed by atoms with van der Waals surface area (Å²) in [6.07, 6.45) is 3.81. The summed E-state index contributed by atoms with van der Waals surface area (Å²) in [5.41, 5.74) is 0. The second kappa shape index (κ2) is 5.48. The second-order valence-corrected chi connectivity index (χ2v) is 5.08. The number of likely N-dealkylation sites (tertiary alicyclic amines) is 1. The SMILES string of the molecule is CC(C)n1ncnc1CN1CCCC1CC(=O)O. The Morgan fingerprint density at radius 2 is 2.39 bits per heavy atom. The number of hydrogen-bond donors (Lipinski definition) is 1. The van der Waals surface area contributed by atoms with E-state index in [0.717, 1.165) is 25.2 Å². The van der Waals surface area contributed by atoms with E-state index in [1.54, 1.807) is 6.33 Å². The summed E-state index contributed by atoms with van der Waals surface area (Å²) in [4.78, 5) is 17.3. The van der Waals surface area contributed by atoms with Crippen molar-refractivity contribution in [1.29, 1.82) is 0 Å². The Hall–Kier alpha value is -1.43. The van der Waals surface area contributed by atoms with Crippen LogP contribution < -0.4 is 0 Å². The second-order valence-electron chi connectivity index (χ2n) is 5.08. The van der Waals surface area contributed by atoms with Crippen molar-refractivity contribution < 1.29 is 9.90 Å². The Labute approximate surface area is 107 Å². The minimum atomic E-state index is -0.725. The summed E-state index contributed by atoms with van der Waals surface area (Å²) in [6.45, 7) is 5.77. The zero-order valence-electron chi connectivity index (χ0n) is 10.9. The van der Waals surface area contributed by atoms with Crippen LogP contribution in [0.25, 0.3) is 0 Å². The number of aliphatic carboxylic acids is 1. The number of carboxylic acids is 1. The molecular formula is C12H20N4O2. The predicted molar refractivity (Wildman–Crippen MR) is 66.1 cm³/mol. The maximum atomic E-state index is 10.8. The molecular weight excluding hydrogens is 232 g/mol. The number of hydrogen-bond acceptors (Lipinski definition) is 4.